The summed E-state index contributed by atoms with van der Waals surface area (Å²) in [6, 6.07) is 8.87. The first kappa shape index (κ1) is 8.57. The lowest BCUT2D eigenvalue weighted by Gasteiger charge is -2.05. The van der Waals surface area contributed by atoms with E-state index in [0.29, 0.717) is 0 Å². The molecule has 2 rings (SSSR count). The molecule has 1 aromatic carbocycles. The third-order valence-electron chi connectivity index (χ3n) is 2.58. The van der Waals surface area contributed by atoms with Crippen molar-refractivity contribution < 1.29 is 0 Å². The lowest BCUT2D eigenvalue weighted by molar-refractivity contribution is 0.969. The van der Waals surface area contributed by atoms with Gasteiger partial charge in [0.2, 0.25) is 0 Å². The Bertz CT molecular complexity index is 429. The summed E-state index contributed by atoms with van der Waals surface area (Å²) in [7, 11) is 1.43. The molecule has 0 aliphatic carbocycles. The largest absolute Gasteiger partial charge is 0.351 e. The summed E-state index contributed by atoms with van der Waals surface area (Å²) in [6.07, 6.45) is 2.14. The molecular weight excluding hydrogens is 174 g/mol. The fourth-order valence-electron chi connectivity index (χ4n) is 1.83. The maximum absolute atomic E-state index is 2.38. The van der Waals surface area contributed by atoms with Gasteiger partial charge in [0.15, 0.2) is 0 Å². The molecule has 1 aromatic heterocycles. The standard InChI is InChI=1S/C11H15NSi/c1-12-8-7-9-10(12)5-4-6-11(9)13(2)3/h4-8,13H,1-3H3. The second kappa shape index (κ2) is 3.03. The van der Waals surface area contributed by atoms with Gasteiger partial charge in [-0.05, 0) is 17.5 Å². The van der Waals surface area contributed by atoms with Crippen molar-refractivity contribution in [2.75, 3.05) is 0 Å². The Labute approximate surface area is 80.6 Å². The lowest BCUT2D eigenvalue weighted by atomic mass is 10.2. The Kier molecular flexibility index (Phi) is 2.00. The number of hydrogen-bond acceptors (Lipinski definition) is 0. The predicted molar refractivity (Wildman–Crippen MR) is 61.4 cm³/mol. The van der Waals surface area contributed by atoms with E-state index in [9.17, 15) is 0 Å². The number of nitrogens with zero attached hydrogens (tertiary/aromatic N) is 1. The quantitative estimate of drug-likeness (QED) is 0.604. The van der Waals surface area contributed by atoms with Crippen LogP contribution in [0.5, 0.6) is 0 Å². The van der Waals surface area contributed by atoms with Crippen molar-refractivity contribution in [3.63, 3.8) is 0 Å². The van der Waals surface area contributed by atoms with E-state index in [-0.39, 0.29) is 0 Å². The van der Waals surface area contributed by atoms with Crippen molar-refractivity contribution in [1.29, 1.82) is 0 Å². The maximum atomic E-state index is 2.38. The highest BCUT2D eigenvalue weighted by molar-refractivity contribution is 6.73. The van der Waals surface area contributed by atoms with E-state index < -0.39 is 8.80 Å². The molecule has 0 spiro atoms. The number of rotatable bonds is 1. The van der Waals surface area contributed by atoms with Crippen molar-refractivity contribution in [3.05, 3.63) is 30.5 Å². The van der Waals surface area contributed by atoms with Crippen LogP contribution < -0.4 is 5.19 Å². The molecule has 0 saturated heterocycles. The third-order valence-corrected chi connectivity index (χ3v) is 4.33. The summed E-state index contributed by atoms with van der Waals surface area (Å²) in [5, 5.41) is 3.03. The minimum atomic E-state index is -0.679. The molecule has 0 unspecified atom stereocenters. The van der Waals surface area contributed by atoms with Crippen molar-refractivity contribution in [2.24, 2.45) is 7.05 Å². The smallest absolute Gasteiger partial charge is 0.0656 e. The molecule has 13 heavy (non-hydrogen) atoms. The van der Waals surface area contributed by atoms with Crippen LogP contribution in [0.3, 0.4) is 0 Å². The van der Waals surface area contributed by atoms with Crippen LogP contribution in [0.4, 0.5) is 0 Å². The fourth-order valence-corrected chi connectivity index (χ4v) is 3.19. The van der Waals surface area contributed by atoms with Crippen LogP contribution >= 0.6 is 0 Å². The van der Waals surface area contributed by atoms with Gasteiger partial charge in [-0.15, -0.1) is 0 Å². The molecule has 0 atom stereocenters. The van der Waals surface area contributed by atoms with Gasteiger partial charge < -0.3 is 4.57 Å². The average Bonchev–Trinajstić information content (AvgIpc) is 2.48. The molecule has 0 amide bonds. The molecule has 0 radical (unpaired) electrons. The SMILES string of the molecule is Cn1ccc2c([SiH](C)C)cccc21. The van der Waals surface area contributed by atoms with E-state index in [1.54, 1.807) is 5.19 Å². The van der Waals surface area contributed by atoms with Gasteiger partial charge in [0.05, 0.1) is 8.80 Å². The van der Waals surface area contributed by atoms with Gasteiger partial charge in [0.25, 0.3) is 0 Å². The van der Waals surface area contributed by atoms with Crippen LogP contribution in [0.15, 0.2) is 30.5 Å². The number of hydrogen-bond donors (Lipinski definition) is 0. The van der Waals surface area contributed by atoms with Crippen molar-refractivity contribution >= 4 is 24.9 Å². The monoisotopic (exact) mass is 189 g/mol. The Morgan fingerprint density at radius 3 is 2.62 bits per heavy atom. The minimum Gasteiger partial charge on any atom is -0.351 e. The van der Waals surface area contributed by atoms with E-state index in [4.69, 9.17) is 0 Å². The summed E-state index contributed by atoms with van der Waals surface area (Å²) in [4.78, 5) is 0. The Balaban J connectivity index is 2.77. The molecule has 68 valence electrons. The highest BCUT2D eigenvalue weighted by Crippen LogP contribution is 2.12. The highest BCUT2D eigenvalue weighted by atomic mass is 28.3. The van der Waals surface area contributed by atoms with Gasteiger partial charge in [0.1, 0.15) is 0 Å². The van der Waals surface area contributed by atoms with Crippen LogP contribution in [0.25, 0.3) is 10.9 Å². The van der Waals surface area contributed by atoms with Gasteiger partial charge in [-0.1, -0.05) is 30.4 Å². The molecule has 2 heteroatoms. The van der Waals surface area contributed by atoms with Gasteiger partial charge >= 0.3 is 0 Å². The van der Waals surface area contributed by atoms with Crippen LogP contribution in [0.2, 0.25) is 13.1 Å². The van der Waals surface area contributed by atoms with Crippen molar-refractivity contribution in [1.82, 2.24) is 4.57 Å². The van der Waals surface area contributed by atoms with Crippen LogP contribution in [0, 0.1) is 0 Å². The number of benzene rings is 1. The molecule has 0 saturated carbocycles. The first-order valence-electron chi connectivity index (χ1n) is 4.74. The van der Waals surface area contributed by atoms with Gasteiger partial charge in [0, 0.05) is 18.8 Å². The van der Waals surface area contributed by atoms with Gasteiger partial charge in [-0.2, -0.15) is 0 Å². The van der Waals surface area contributed by atoms with Crippen LogP contribution in [-0.2, 0) is 7.05 Å². The molecule has 2 aromatic rings. The molecule has 1 nitrogen and oxygen atoms in total. The molecule has 0 N–H and O–H groups in total. The second-order valence-electron chi connectivity index (χ2n) is 3.86. The third kappa shape index (κ3) is 1.31. The number of fused-ring (bicyclic) bond motifs is 1. The Hall–Kier alpha value is -1.02. The molecule has 0 fully saturated rings. The predicted octanol–water partition coefficient (Wildman–Crippen LogP) is 1.87. The summed E-state index contributed by atoms with van der Waals surface area (Å²) in [6.45, 7) is 4.75. The second-order valence-corrected chi connectivity index (χ2v) is 6.79. The summed E-state index contributed by atoms with van der Waals surface area (Å²) in [5.74, 6) is 0. The zero-order chi connectivity index (χ0) is 9.42. The molecule has 0 bridgehead atoms. The van der Waals surface area contributed by atoms with Crippen LogP contribution in [0.1, 0.15) is 0 Å². The molecule has 0 aliphatic heterocycles. The summed E-state index contributed by atoms with van der Waals surface area (Å²) in [5.41, 5.74) is 1.36. The fraction of sp³-hybridized carbons (Fsp3) is 0.273. The Morgan fingerprint density at radius 2 is 1.92 bits per heavy atom. The van der Waals surface area contributed by atoms with Gasteiger partial charge in [-0.25, -0.2) is 0 Å². The lowest BCUT2D eigenvalue weighted by Crippen LogP contribution is -2.22. The highest BCUT2D eigenvalue weighted by Gasteiger charge is 2.06. The number of aryl methyl sites for hydroxylation is 1. The normalized spacial score (nSPS) is 11.4. The van der Waals surface area contributed by atoms with Gasteiger partial charge in [-0.3, -0.25) is 0 Å². The first-order valence-corrected chi connectivity index (χ1v) is 7.63. The Morgan fingerprint density at radius 1 is 1.15 bits per heavy atom. The molecule has 0 aliphatic rings. The maximum Gasteiger partial charge on any atom is 0.0656 e. The van der Waals surface area contributed by atoms with E-state index in [2.05, 4.69) is 55.2 Å². The van der Waals surface area contributed by atoms with Crippen LogP contribution in [-0.4, -0.2) is 13.4 Å². The van der Waals surface area contributed by atoms with E-state index >= 15 is 0 Å². The van der Waals surface area contributed by atoms with E-state index in [0.717, 1.165) is 0 Å². The topological polar surface area (TPSA) is 4.93 Å². The zero-order valence-electron chi connectivity index (χ0n) is 8.41. The first-order chi connectivity index (χ1) is 6.20. The zero-order valence-corrected chi connectivity index (χ0v) is 9.57. The summed E-state index contributed by atoms with van der Waals surface area (Å²) >= 11 is 0. The van der Waals surface area contributed by atoms with Crippen molar-refractivity contribution in [2.45, 2.75) is 13.1 Å². The van der Waals surface area contributed by atoms with Crippen molar-refractivity contribution in [3.8, 4) is 0 Å². The number of aromatic nitrogens is 1. The summed E-state index contributed by atoms with van der Waals surface area (Å²) < 4.78 is 2.19. The molecular formula is C11H15NSi. The van der Waals surface area contributed by atoms with E-state index in [1.165, 1.54) is 10.9 Å². The minimum absolute atomic E-state index is 0.679. The average molecular weight is 189 g/mol. The molecule has 1 heterocycles. The van der Waals surface area contributed by atoms with E-state index in [1.807, 2.05) is 0 Å².